The van der Waals surface area contributed by atoms with E-state index in [-0.39, 0.29) is 4.21 Å². The van der Waals surface area contributed by atoms with Crippen LogP contribution in [0.4, 0.5) is 11.4 Å². The van der Waals surface area contributed by atoms with E-state index >= 15 is 0 Å². The van der Waals surface area contributed by atoms with Gasteiger partial charge in [-0.15, -0.1) is 11.3 Å². The number of hydrogen-bond acceptors (Lipinski definition) is 5. The molecule has 0 unspecified atom stereocenters. The number of hydrogen-bond donors (Lipinski definition) is 1. The van der Waals surface area contributed by atoms with Gasteiger partial charge in [-0.2, -0.15) is 0 Å². The summed E-state index contributed by atoms with van der Waals surface area (Å²) in [5.74, 6) is 0. The van der Waals surface area contributed by atoms with Crippen molar-refractivity contribution < 1.29 is 13.2 Å². The highest BCUT2D eigenvalue weighted by molar-refractivity contribution is 7.94. The Kier molecular flexibility index (Phi) is 4.58. The summed E-state index contributed by atoms with van der Waals surface area (Å²) < 4.78 is 33.1. The van der Waals surface area contributed by atoms with Crippen molar-refractivity contribution >= 4 is 44.3 Å². The van der Waals surface area contributed by atoms with E-state index in [1.54, 1.807) is 35.7 Å². The first-order valence-electron chi connectivity index (χ1n) is 6.75. The van der Waals surface area contributed by atoms with Crippen molar-refractivity contribution in [2.75, 3.05) is 35.9 Å². The standard InChI is InChI=1S/C14H15ClN2O3S2/c15-11-3-1-4-12(14(11)17-6-8-20-9-7-17)16-22(18,19)13-5-2-10-21-13/h1-5,10,16H,6-9H2. The molecule has 0 atom stereocenters. The van der Waals surface area contributed by atoms with Crippen LogP contribution in [0, 0.1) is 0 Å². The van der Waals surface area contributed by atoms with E-state index < -0.39 is 10.0 Å². The fourth-order valence-electron chi connectivity index (χ4n) is 2.32. The van der Waals surface area contributed by atoms with Gasteiger partial charge < -0.3 is 9.64 Å². The van der Waals surface area contributed by atoms with Crippen LogP contribution < -0.4 is 9.62 Å². The Morgan fingerprint density at radius 2 is 1.95 bits per heavy atom. The zero-order chi connectivity index (χ0) is 15.6. The van der Waals surface area contributed by atoms with Crippen LogP contribution in [0.5, 0.6) is 0 Å². The van der Waals surface area contributed by atoms with E-state index in [1.165, 1.54) is 11.3 Å². The van der Waals surface area contributed by atoms with Gasteiger partial charge in [-0.05, 0) is 23.6 Å². The van der Waals surface area contributed by atoms with Crippen LogP contribution in [0.15, 0.2) is 39.9 Å². The molecule has 3 rings (SSSR count). The van der Waals surface area contributed by atoms with Gasteiger partial charge in [0.2, 0.25) is 0 Å². The Balaban J connectivity index is 1.95. The summed E-state index contributed by atoms with van der Waals surface area (Å²) in [6, 6.07) is 8.50. The lowest BCUT2D eigenvalue weighted by Crippen LogP contribution is -2.37. The maximum atomic E-state index is 12.4. The summed E-state index contributed by atoms with van der Waals surface area (Å²) in [4.78, 5) is 2.04. The third-order valence-corrected chi connectivity index (χ3v) is 6.39. The first-order chi connectivity index (χ1) is 10.6. The van der Waals surface area contributed by atoms with Crippen molar-refractivity contribution in [1.29, 1.82) is 0 Å². The number of thiophene rings is 1. The van der Waals surface area contributed by atoms with Crippen molar-refractivity contribution in [3.05, 3.63) is 40.7 Å². The molecule has 5 nitrogen and oxygen atoms in total. The number of nitrogens with one attached hydrogen (secondary N) is 1. The number of morpholine rings is 1. The lowest BCUT2D eigenvalue weighted by Gasteiger charge is -2.31. The van der Waals surface area contributed by atoms with Gasteiger partial charge >= 0.3 is 0 Å². The molecule has 1 saturated heterocycles. The minimum atomic E-state index is -3.60. The predicted molar refractivity (Wildman–Crippen MR) is 89.6 cm³/mol. The Hall–Kier alpha value is -1.28. The number of nitrogens with zero attached hydrogens (tertiary/aromatic N) is 1. The van der Waals surface area contributed by atoms with E-state index in [4.69, 9.17) is 16.3 Å². The highest BCUT2D eigenvalue weighted by Gasteiger charge is 2.22. The number of anilines is 2. The summed E-state index contributed by atoms with van der Waals surface area (Å²) in [5, 5.41) is 2.25. The molecule has 2 aromatic rings. The Labute approximate surface area is 138 Å². The highest BCUT2D eigenvalue weighted by Crippen LogP contribution is 2.36. The summed E-state index contributed by atoms with van der Waals surface area (Å²) in [7, 11) is -3.60. The Morgan fingerprint density at radius 3 is 2.64 bits per heavy atom. The first-order valence-corrected chi connectivity index (χ1v) is 9.49. The first kappa shape index (κ1) is 15.6. The van der Waals surface area contributed by atoms with Crippen molar-refractivity contribution in [3.63, 3.8) is 0 Å². The van der Waals surface area contributed by atoms with Gasteiger partial charge in [0.15, 0.2) is 0 Å². The fourth-order valence-corrected chi connectivity index (χ4v) is 4.67. The lowest BCUT2D eigenvalue weighted by atomic mass is 10.2. The van der Waals surface area contributed by atoms with Crippen molar-refractivity contribution in [2.24, 2.45) is 0 Å². The molecule has 118 valence electrons. The molecule has 1 aromatic heterocycles. The van der Waals surface area contributed by atoms with Gasteiger partial charge in [0, 0.05) is 13.1 Å². The Morgan fingerprint density at radius 1 is 1.18 bits per heavy atom. The predicted octanol–water partition coefficient (Wildman–Crippen LogP) is 3.04. The molecule has 0 aliphatic carbocycles. The van der Waals surface area contributed by atoms with Crippen LogP contribution in [0.2, 0.25) is 5.02 Å². The van der Waals surface area contributed by atoms with Gasteiger partial charge in [-0.3, -0.25) is 4.72 Å². The molecule has 1 fully saturated rings. The molecular weight excluding hydrogens is 344 g/mol. The molecule has 1 aromatic carbocycles. The van der Waals surface area contributed by atoms with Gasteiger partial charge in [0.05, 0.1) is 29.6 Å². The SMILES string of the molecule is O=S(=O)(Nc1cccc(Cl)c1N1CCOCC1)c1cccs1. The molecule has 0 spiro atoms. The summed E-state index contributed by atoms with van der Waals surface area (Å²) in [5.41, 5.74) is 1.19. The third kappa shape index (κ3) is 3.22. The van der Waals surface area contributed by atoms with E-state index in [0.29, 0.717) is 42.7 Å². The number of ether oxygens (including phenoxy) is 1. The highest BCUT2D eigenvalue weighted by atomic mass is 35.5. The second kappa shape index (κ2) is 6.45. The molecule has 1 aliphatic heterocycles. The molecular formula is C14H15ClN2O3S2. The molecule has 8 heteroatoms. The number of para-hydroxylation sites is 1. The second-order valence-corrected chi connectivity index (χ2v) is 8.04. The molecule has 0 bridgehead atoms. The van der Waals surface area contributed by atoms with E-state index in [9.17, 15) is 8.42 Å². The monoisotopic (exact) mass is 358 g/mol. The van der Waals surface area contributed by atoms with E-state index in [2.05, 4.69) is 4.72 Å². The smallest absolute Gasteiger partial charge is 0.271 e. The van der Waals surface area contributed by atoms with Crippen molar-refractivity contribution in [1.82, 2.24) is 0 Å². The maximum Gasteiger partial charge on any atom is 0.271 e. The van der Waals surface area contributed by atoms with Crippen LogP contribution in [-0.4, -0.2) is 34.7 Å². The van der Waals surface area contributed by atoms with Crippen LogP contribution >= 0.6 is 22.9 Å². The molecule has 1 aliphatic rings. The normalized spacial score (nSPS) is 15.8. The van der Waals surface area contributed by atoms with Gasteiger partial charge in [0.1, 0.15) is 4.21 Å². The van der Waals surface area contributed by atoms with Crippen LogP contribution in [0.3, 0.4) is 0 Å². The molecule has 22 heavy (non-hydrogen) atoms. The molecule has 2 heterocycles. The minimum absolute atomic E-state index is 0.278. The quantitative estimate of drug-likeness (QED) is 0.912. The zero-order valence-corrected chi connectivity index (χ0v) is 14.0. The number of sulfonamides is 1. The number of rotatable bonds is 4. The van der Waals surface area contributed by atoms with Gasteiger partial charge in [0.25, 0.3) is 10.0 Å². The third-order valence-electron chi connectivity index (χ3n) is 3.32. The fraction of sp³-hybridized carbons (Fsp3) is 0.286. The maximum absolute atomic E-state index is 12.4. The van der Waals surface area contributed by atoms with Crippen LogP contribution in [0.25, 0.3) is 0 Å². The average Bonchev–Trinajstić information content (AvgIpc) is 3.03. The largest absolute Gasteiger partial charge is 0.378 e. The zero-order valence-electron chi connectivity index (χ0n) is 11.7. The lowest BCUT2D eigenvalue weighted by molar-refractivity contribution is 0.123. The van der Waals surface area contributed by atoms with Gasteiger partial charge in [-0.25, -0.2) is 8.42 Å². The van der Waals surface area contributed by atoms with Crippen LogP contribution in [-0.2, 0) is 14.8 Å². The Bertz CT molecular complexity index is 741. The molecule has 0 amide bonds. The summed E-state index contributed by atoms with van der Waals surface area (Å²) in [6.07, 6.45) is 0. The summed E-state index contributed by atoms with van der Waals surface area (Å²) >= 11 is 7.48. The van der Waals surface area contributed by atoms with E-state index in [0.717, 1.165) is 0 Å². The van der Waals surface area contributed by atoms with Crippen molar-refractivity contribution in [3.8, 4) is 0 Å². The number of benzene rings is 1. The molecule has 0 saturated carbocycles. The topological polar surface area (TPSA) is 58.6 Å². The average molecular weight is 359 g/mol. The second-order valence-electron chi connectivity index (χ2n) is 4.77. The molecule has 0 radical (unpaired) electrons. The van der Waals surface area contributed by atoms with Crippen molar-refractivity contribution in [2.45, 2.75) is 4.21 Å². The minimum Gasteiger partial charge on any atom is -0.378 e. The van der Waals surface area contributed by atoms with E-state index in [1.807, 2.05) is 4.90 Å². The number of halogens is 1. The summed E-state index contributed by atoms with van der Waals surface area (Å²) in [6.45, 7) is 2.56. The van der Waals surface area contributed by atoms with Gasteiger partial charge in [-0.1, -0.05) is 23.7 Å². The molecule has 1 N–H and O–H groups in total. The van der Waals surface area contributed by atoms with Crippen LogP contribution in [0.1, 0.15) is 0 Å².